The molecule has 2 N–H and O–H groups in total. The van der Waals surface area contributed by atoms with Crippen molar-refractivity contribution in [1.29, 1.82) is 0 Å². The molecule has 1 heterocycles. The summed E-state index contributed by atoms with van der Waals surface area (Å²) in [6, 6.07) is 0. The van der Waals surface area contributed by atoms with E-state index in [9.17, 15) is 4.21 Å². The summed E-state index contributed by atoms with van der Waals surface area (Å²) in [4.78, 5) is 0. The molecule has 9 heavy (non-hydrogen) atoms. The third-order valence-corrected chi connectivity index (χ3v) is 2.87. The minimum atomic E-state index is -1.11. The number of aliphatic hydroxyl groups is 2. The van der Waals surface area contributed by atoms with Gasteiger partial charge in [0.05, 0.1) is 16.9 Å². The fourth-order valence-corrected chi connectivity index (χ4v) is 2.06. The van der Waals surface area contributed by atoms with E-state index < -0.39 is 22.3 Å². The SMILES string of the molecule is O=S1CCC(O)CC1O. The number of rotatable bonds is 0. The lowest BCUT2D eigenvalue weighted by atomic mass is 10.2. The third-order valence-electron chi connectivity index (χ3n) is 1.43. The fourth-order valence-electron chi connectivity index (χ4n) is 0.846. The van der Waals surface area contributed by atoms with Crippen LogP contribution in [0.25, 0.3) is 0 Å². The molecule has 0 saturated carbocycles. The number of aliphatic hydroxyl groups excluding tert-OH is 2. The predicted molar refractivity (Wildman–Crippen MR) is 34.3 cm³/mol. The van der Waals surface area contributed by atoms with Crippen molar-refractivity contribution in [3.05, 3.63) is 0 Å². The lowest BCUT2D eigenvalue weighted by Gasteiger charge is -2.20. The highest BCUT2D eigenvalue weighted by atomic mass is 32.2. The van der Waals surface area contributed by atoms with Crippen LogP contribution in [0.2, 0.25) is 0 Å². The highest BCUT2D eigenvalue weighted by Crippen LogP contribution is 2.13. The van der Waals surface area contributed by atoms with Crippen molar-refractivity contribution < 1.29 is 14.4 Å². The molecule has 1 aliphatic rings. The van der Waals surface area contributed by atoms with Crippen LogP contribution in [0.15, 0.2) is 0 Å². The largest absolute Gasteiger partial charge is 0.393 e. The Labute approximate surface area is 56.2 Å². The van der Waals surface area contributed by atoms with Crippen molar-refractivity contribution in [3.63, 3.8) is 0 Å². The summed E-state index contributed by atoms with van der Waals surface area (Å²) in [6.45, 7) is 0. The first kappa shape index (κ1) is 7.18. The Hall–Kier alpha value is 0.0700. The van der Waals surface area contributed by atoms with Crippen molar-refractivity contribution in [2.45, 2.75) is 24.4 Å². The Balaban J connectivity index is 2.44. The Bertz CT molecular complexity index is 125. The maximum absolute atomic E-state index is 10.7. The maximum Gasteiger partial charge on any atom is 0.131 e. The Morgan fingerprint density at radius 2 is 2.11 bits per heavy atom. The molecule has 0 amide bonds. The van der Waals surface area contributed by atoms with Gasteiger partial charge in [-0.1, -0.05) is 0 Å². The minimum absolute atomic E-state index is 0.270. The van der Waals surface area contributed by atoms with E-state index in [1.165, 1.54) is 0 Å². The van der Waals surface area contributed by atoms with E-state index in [0.717, 1.165) is 0 Å². The molecule has 3 atom stereocenters. The summed E-state index contributed by atoms with van der Waals surface area (Å²) in [6.07, 6.45) is 0.383. The van der Waals surface area contributed by atoms with Crippen molar-refractivity contribution in [1.82, 2.24) is 0 Å². The van der Waals surface area contributed by atoms with E-state index in [-0.39, 0.29) is 6.42 Å². The molecule has 0 bridgehead atoms. The van der Waals surface area contributed by atoms with E-state index in [1.54, 1.807) is 0 Å². The molecule has 0 aromatic rings. The molecule has 4 heteroatoms. The zero-order valence-electron chi connectivity index (χ0n) is 4.99. The van der Waals surface area contributed by atoms with Crippen molar-refractivity contribution in [2.24, 2.45) is 0 Å². The average molecular weight is 150 g/mol. The maximum atomic E-state index is 10.7. The normalized spacial score (nSPS) is 44.9. The van der Waals surface area contributed by atoms with Crippen molar-refractivity contribution in [2.75, 3.05) is 5.75 Å². The van der Waals surface area contributed by atoms with Crippen LogP contribution in [0.5, 0.6) is 0 Å². The highest BCUT2D eigenvalue weighted by Gasteiger charge is 2.23. The average Bonchev–Trinajstić information content (AvgIpc) is 1.80. The summed E-state index contributed by atoms with van der Waals surface area (Å²) in [5.41, 5.74) is -0.797. The van der Waals surface area contributed by atoms with Crippen LogP contribution in [-0.2, 0) is 10.8 Å². The van der Waals surface area contributed by atoms with E-state index in [2.05, 4.69) is 0 Å². The molecule has 0 radical (unpaired) electrons. The van der Waals surface area contributed by atoms with Gasteiger partial charge >= 0.3 is 0 Å². The lowest BCUT2D eigenvalue weighted by molar-refractivity contribution is 0.108. The van der Waals surface area contributed by atoms with E-state index in [1.807, 2.05) is 0 Å². The zero-order valence-corrected chi connectivity index (χ0v) is 5.80. The van der Waals surface area contributed by atoms with Crippen LogP contribution in [0.4, 0.5) is 0 Å². The van der Waals surface area contributed by atoms with Gasteiger partial charge in [-0.05, 0) is 6.42 Å². The molecule has 1 rings (SSSR count). The van der Waals surface area contributed by atoms with Crippen molar-refractivity contribution >= 4 is 10.8 Å². The van der Waals surface area contributed by atoms with Gasteiger partial charge in [-0.15, -0.1) is 0 Å². The van der Waals surface area contributed by atoms with Crippen LogP contribution in [0, 0.1) is 0 Å². The summed E-state index contributed by atoms with van der Waals surface area (Å²) in [5, 5.41) is 17.8. The Morgan fingerprint density at radius 1 is 1.44 bits per heavy atom. The van der Waals surface area contributed by atoms with Crippen LogP contribution < -0.4 is 0 Å². The van der Waals surface area contributed by atoms with Crippen LogP contribution in [-0.4, -0.2) is 31.7 Å². The summed E-state index contributed by atoms with van der Waals surface area (Å²) < 4.78 is 10.7. The molecule has 1 fully saturated rings. The Kier molecular flexibility index (Phi) is 2.21. The summed E-state index contributed by atoms with van der Waals surface area (Å²) >= 11 is 0. The molecular formula is C5H10O3S. The molecule has 54 valence electrons. The molecule has 0 aromatic carbocycles. The first-order valence-electron chi connectivity index (χ1n) is 2.93. The second kappa shape index (κ2) is 2.77. The molecule has 1 saturated heterocycles. The van der Waals surface area contributed by atoms with Gasteiger partial charge in [0.15, 0.2) is 0 Å². The van der Waals surface area contributed by atoms with Crippen molar-refractivity contribution in [3.8, 4) is 0 Å². The standard InChI is InChI=1S/C5H10O3S/c6-4-1-2-9(8)5(7)3-4/h4-7H,1-3H2. The second-order valence-corrected chi connectivity index (χ2v) is 3.93. The third kappa shape index (κ3) is 1.74. The van der Waals surface area contributed by atoms with E-state index in [0.29, 0.717) is 12.2 Å². The fraction of sp³-hybridized carbons (Fsp3) is 1.00. The lowest BCUT2D eigenvalue weighted by Crippen LogP contribution is -2.30. The van der Waals surface area contributed by atoms with Gasteiger partial charge in [-0.2, -0.15) is 0 Å². The molecular weight excluding hydrogens is 140 g/mol. The van der Waals surface area contributed by atoms with Gasteiger partial charge in [-0.3, -0.25) is 4.21 Å². The number of hydrogen-bond donors (Lipinski definition) is 2. The van der Waals surface area contributed by atoms with E-state index >= 15 is 0 Å². The smallest absolute Gasteiger partial charge is 0.131 e. The van der Waals surface area contributed by atoms with Gasteiger partial charge in [0.2, 0.25) is 0 Å². The minimum Gasteiger partial charge on any atom is -0.393 e. The first-order chi connectivity index (χ1) is 4.20. The van der Waals surface area contributed by atoms with Crippen LogP contribution in [0.1, 0.15) is 12.8 Å². The monoisotopic (exact) mass is 150 g/mol. The number of hydrogen-bond acceptors (Lipinski definition) is 3. The first-order valence-corrected chi connectivity index (χ1v) is 4.31. The predicted octanol–water partition coefficient (Wildman–Crippen LogP) is -0.792. The molecule has 1 aliphatic heterocycles. The Morgan fingerprint density at radius 3 is 2.56 bits per heavy atom. The summed E-state index contributed by atoms with van der Waals surface area (Å²) in [7, 11) is -1.11. The topological polar surface area (TPSA) is 57.5 Å². The van der Waals surface area contributed by atoms with Gasteiger partial charge in [0, 0.05) is 12.2 Å². The molecule has 3 unspecified atom stereocenters. The highest BCUT2D eigenvalue weighted by molar-refractivity contribution is 7.85. The van der Waals surface area contributed by atoms with Gasteiger partial charge in [0.25, 0.3) is 0 Å². The van der Waals surface area contributed by atoms with Crippen LogP contribution in [0.3, 0.4) is 0 Å². The second-order valence-electron chi connectivity index (χ2n) is 2.22. The quantitative estimate of drug-likeness (QED) is 0.475. The molecule has 0 spiro atoms. The zero-order chi connectivity index (χ0) is 6.85. The van der Waals surface area contributed by atoms with E-state index in [4.69, 9.17) is 10.2 Å². The van der Waals surface area contributed by atoms with Gasteiger partial charge in [0.1, 0.15) is 5.44 Å². The van der Waals surface area contributed by atoms with Gasteiger partial charge < -0.3 is 10.2 Å². The summed E-state index contributed by atoms with van der Waals surface area (Å²) in [5.74, 6) is 0.433. The molecule has 0 aliphatic carbocycles. The van der Waals surface area contributed by atoms with Crippen LogP contribution >= 0.6 is 0 Å². The molecule has 3 nitrogen and oxygen atoms in total. The van der Waals surface area contributed by atoms with Gasteiger partial charge in [-0.25, -0.2) is 0 Å². The molecule has 0 aromatic heterocycles.